The van der Waals surface area contributed by atoms with Crippen molar-refractivity contribution in [1.82, 2.24) is 10.2 Å². The van der Waals surface area contributed by atoms with Gasteiger partial charge in [-0.15, -0.1) is 0 Å². The van der Waals surface area contributed by atoms with Gasteiger partial charge in [-0.3, -0.25) is 9.59 Å². The predicted molar refractivity (Wildman–Crippen MR) is 152 cm³/mol. The van der Waals surface area contributed by atoms with E-state index >= 15 is 0 Å². The van der Waals surface area contributed by atoms with E-state index in [0.717, 1.165) is 11.1 Å². The van der Waals surface area contributed by atoms with Gasteiger partial charge < -0.3 is 19.7 Å². The average Bonchev–Trinajstić information content (AvgIpc) is 2.89. The van der Waals surface area contributed by atoms with E-state index in [9.17, 15) is 9.59 Å². The van der Waals surface area contributed by atoms with Crippen LogP contribution in [0, 0.1) is 0 Å². The van der Waals surface area contributed by atoms with Crippen LogP contribution < -0.4 is 14.8 Å². The van der Waals surface area contributed by atoms with Crippen molar-refractivity contribution < 1.29 is 19.1 Å². The summed E-state index contributed by atoms with van der Waals surface area (Å²) in [7, 11) is 1.61. The summed E-state index contributed by atoms with van der Waals surface area (Å²) in [5.74, 6) is 1.10. The van der Waals surface area contributed by atoms with Crippen molar-refractivity contribution in [3.05, 3.63) is 95.0 Å². The molecule has 0 aliphatic heterocycles. The fraction of sp³-hybridized carbons (Fsp3) is 0.355. The molecule has 0 unspecified atom stereocenters. The maximum Gasteiger partial charge on any atom is 0.243 e. The maximum absolute atomic E-state index is 13.7. The lowest BCUT2D eigenvalue weighted by Gasteiger charge is -2.34. The third-order valence-electron chi connectivity index (χ3n) is 5.87. The van der Waals surface area contributed by atoms with Crippen LogP contribution in [0.2, 0.25) is 5.02 Å². The van der Waals surface area contributed by atoms with Crippen molar-refractivity contribution in [2.75, 3.05) is 13.7 Å². The molecule has 38 heavy (non-hydrogen) atoms. The standard InChI is InChI=1S/C31H37ClN2O4/c1-31(2,3)33-30(36)28(21-23-10-6-5-7-11-23)34(22-24-12-8-13-27(20-24)37-4)29(35)14-9-19-38-26-17-15-25(32)16-18-26/h5-8,10-13,15-18,20,28H,9,14,19,21-22H2,1-4H3,(H,33,36)/t28-/m1/s1. The van der Waals surface area contributed by atoms with Gasteiger partial charge in [-0.25, -0.2) is 0 Å². The van der Waals surface area contributed by atoms with Crippen LogP contribution in [0.4, 0.5) is 0 Å². The number of hydrogen-bond acceptors (Lipinski definition) is 4. The molecule has 202 valence electrons. The van der Waals surface area contributed by atoms with E-state index in [1.165, 1.54) is 0 Å². The quantitative estimate of drug-likeness (QED) is 0.286. The number of carbonyl (C=O) groups excluding carboxylic acids is 2. The van der Waals surface area contributed by atoms with Crippen LogP contribution in [0.15, 0.2) is 78.9 Å². The highest BCUT2D eigenvalue weighted by molar-refractivity contribution is 6.30. The van der Waals surface area contributed by atoms with Gasteiger partial charge in [0.2, 0.25) is 11.8 Å². The molecule has 0 fully saturated rings. The second kappa shape index (κ2) is 13.9. The van der Waals surface area contributed by atoms with Crippen LogP contribution in [-0.2, 0) is 22.6 Å². The van der Waals surface area contributed by atoms with Crippen LogP contribution in [0.5, 0.6) is 11.5 Å². The third-order valence-corrected chi connectivity index (χ3v) is 6.13. The number of ether oxygens (including phenoxy) is 2. The molecule has 0 bridgehead atoms. The minimum atomic E-state index is -0.687. The van der Waals surface area contributed by atoms with Crippen molar-refractivity contribution in [2.24, 2.45) is 0 Å². The Morgan fingerprint density at radius 2 is 1.61 bits per heavy atom. The van der Waals surface area contributed by atoms with Crippen LogP contribution in [-0.4, -0.2) is 42.0 Å². The van der Waals surface area contributed by atoms with Crippen molar-refractivity contribution in [2.45, 2.75) is 58.2 Å². The van der Waals surface area contributed by atoms with Crippen molar-refractivity contribution in [3.8, 4) is 11.5 Å². The number of benzene rings is 3. The number of hydrogen-bond donors (Lipinski definition) is 1. The summed E-state index contributed by atoms with van der Waals surface area (Å²) in [5.41, 5.74) is 1.43. The average molecular weight is 537 g/mol. The minimum Gasteiger partial charge on any atom is -0.497 e. The Labute approximate surface area is 230 Å². The zero-order valence-corrected chi connectivity index (χ0v) is 23.3. The van der Waals surface area contributed by atoms with Crippen LogP contribution in [0.1, 0.15) is 44.7 Å². The Balaban J connectivity index is 1.82. The lowest BCUT2D eigenvalue weighted by Crippen LogP contribution is -2.54. The summed E-state index contributed by atoms with van der Waals surface area (Å²) < 4.78 is 11.2. The summed E-state index contributed by atoms with van der Waals surface area (Å²) in [6.07, 6.45) is 1.15. The SMILES string of the molecule is COc1cccc(CN(C(=O)CCCOc2ccc(Cl)cc2)[C@H](Cc2ccccc2)C(=O)NC(C)(C)C)c1. The van der Waals surface area contributed by atoms with Gasteiger partial charge in [0.15, 0.2) is 0 Å². The first kappa shape index (κ1) is 29.1. The number of halogens is 1. The monoisotopic (exact) mass is 536 g/mol. The Bertz CT molecular complexity index is 1180. The summed E-state index contributed by atoms with van der Waals surface area (Å²) in [4.78, 5) is 29.0. The fourth-order valence-corrected chi connectivity index (χ4v) is 4.19. The molecule has 0 spiro atoms. The lowest BCUT2D eigenvalue weighted by molar-refractivity contribution is -0.142. The molecule has 0 heterocycles. The highest BCUT2D eigenvalue weighted by atomic mass is 35.5. The van der Waals surface area contributed by atoms with Crippen molar-refractivity contribution in [3.63, 3.8) is 0 Å². The fourth-order valence-electron chi connectivity index (χ4n) is 4.06. The van der Waals surface area contributed by atoms with E-state index in [4.69, 9.17) is 21.1 Å². The molecule has 0 saturated carbocycles. The first-order chi connectivity index (χ1) is 18.1. The first-order valence-corrected chi connectivity index (χ1v) is 13.2. The Morgan fingerprint density at radius 1 is 0.921 bits per heavy atom. The molecular formula is C31H37ClN2O4. The first-order valence-electron chi connectivity index (χ1n) is 12.8. The van der Waals surface area contributed by atoms with E-state index in [0.29, 0.717) is 36.0 Å². The molecule has 0 radical (unpaired) electrons. The van der Waals surface area contributed by atoms with Crippen molar-refractivity contribution in [1.29, 1.82) is 0 Å². The molecular weight excluding hydrogens is 500 g/mol. The summed E-state index contributed by atoms with van der Waals surface area (Å²) in [5, 5.41) is 3.72. The van der Waals surface area contributed by atoms with Gasteiger partial charge >= 0.3 is 0 Å². The van der Waals surface area contributed by atoms with Crippen LogP contribution in [0.25, 0.3) is 0 Å². The van der Waals surface area contributed by atoms with E-state index in [2.05, 4.69) is 5.32 Å². The summed E-state index contributed by atoms with van der Waals surface area (Å²) in [6.45, 7) is 6.47. The minimum absolute atomic E-state index is 0.113. The van der Waals surface area contributed by atoms with Gasteiger partial charge in [0.05, 0.1) is 13.7 Å². The van der Waals surface area contributed by atoms with Gasteiger partial charge in [0, 0.05) is 29.9 Å². The zero-order chi connectivity index (χ0) is 27.5. The smallest absolute Gasteiger partial charge is 0.243 e. The van der Waals surface area contributed by atoms with E-state index in [-0.39, 0.29) is 24.8 Å². The second-order valence-electron chi connectivity index (χ2n) is 10.2. The van der Waals surface area contributed by atoms with Crippen LogP contribution in [0.3, 0.4) is 0 Å². The number of amides is 2. The van der Waals surface area contributed by atoms with Gasteiger partial charge in [-0.2, -0.15) is 0 Å². The normalized spacial score (nSPS) is 11.9. The number of nitrogens with one attached hydrogen (secondary N) is 1. The zero-order valence-electron chi connectivity index (χ0n) is 22.6. The van der Waals surface area contributed by atoms with Gasteiger partial charge in [0.1, 0.15) is 17.5 Å². The molecule has 0 aromatic heterocycles. The number of methoxy groups -OCH3 is 1. The molecule has 3 rings (SSSR count). The van der Waals surface area contributed by atoms with Gasteiger partial charge in [-0.1, -0.05) is 54.1 Å². The second-order valence-corrected chi connectivity index (χ2v) is 10.7. The topological polar surface area (TPSA) is 67.9 Å². The summed E-state index contributed by atoms with van der Waals surface area (Å²) >= 11 is 5.94. The molecule has 3 aromatic rings. The molecule has 2 amide bonds. The molecule has 7 heteroatoms. The van der Waals surface area contributed by atoms with Gasteiger partial charge in [0.25, 0.3) is 0 Å². The molecule has 6 nitrogen and oxygen atoms in total. The highest BCUT2D eigenvalue weighted by Crippen LogP contribution is 2.21. The Hall–Kier alpha value is -3.51. The van der Waals surface area contributed by atoms with Crippen LogP contribution >= 0.6 is 11.6 Å². The number of nitrogens with zero attached hydrogens (tertiary/aromatic N) is 1. The number of rotatable bonds is 12. The van der Waals surface area contributed by atoms with Gasteiger partial charge in [-0.05, 0) is 74.7 Å². The molecule has 0 aliphatic rings. The molecule has 0 saturated heterocycles. The molecule has 0 aliphatic carbocycles. The largest absolute Gasteiger partial charge is 0.497 e. The Kier molecular flexibility index (Phi) is 10.6. The number of carbonyl (C=O) groups is 2. The maximum atomic E-state index is 13.7. The van der Waals surface area contributed by atoms with E-state index in [1.807, 2.05) is 75.4 Å². The predicted octanol–water partition coefficient (Wildman–Crippen LogP) is 6.06. The molecule has 1 N–H and O–H groups in total. The third kappa shape index (κ3) is 9.42. The summed E-state index contributed by atoms with van der Waals surface area (Å²) in [6, 6.07) is 23.8. The van der Waals surface area contributed by atoms with Crippen molar-refractivity contribution >= 4 is 23.4 Å². The van der Waals surface area contributed by atoms with E-state index in [1.54, 1.807) is 36.3 Å². The molecule has 3 aromatic carbocycles. The van der Waals surface area contributed by atoms with E-state index < -0.39 is 11.6 Å². The molecule has 1 atom stereocenters. The highest BCUT2D eigenvalue weighted by Gasteiger charge is 2.32. The Morgan fingerprint density at radius 3 is 2.26 bits per heavy atom. The lowest BCUT2D eigenvalue weighted by atomic mass is 10.00.